The van der Waals surface area contributed by atoms with Crippen LogP contribution < -0.4 is 5.32 Å². The second-order valence-corrected chi connectivity index (χ2v) is 7.25. The molecule has 1 saturated heterocycles. The minimum atomic E-state index is -0.210. The van der Waals surface area contributed by atoms with E-state index in [2.05, 4.69) is 60.5 Å². The van der Waals surface area contributed by atoms with E-state index in [4.69, 9.17) is 0 Å². The molecular formula is C22H29N3O. The van der Waals surface area contributed by atoms with Crippen LogP contribution in [0.5, 0.6) is 0 Å². The number of rotatable bonds is 5. The van der Waals surface area contributed by atoms with E-state index in [1.807, 2.05) is 24.0 Å². The minimum absolute atomic E-state index is 0.183. The topological polar surface area (TPSA) is 35.6 Å². The van der Waals surface area contributed by atoms with Crippen LogP contribution in [0.2, 0.25) is 0 Å². The summed E-state index contributed by atoms with van der Waals surface area (Å²) in [4.78, 5) is 17.2. The van der Waals surface area contributed by atoms with Crippen LogP contribution in [0.4, 0.5) is 5.69 Å². The molecule has 1 fully saturated rings. The summed E-state index contributed by atoms with van der Waals surface area (Å²) in [5.41, 5.74) is 4.85. The number of anilines is 1. The van der Waals surface area contributed by atoms with E-state index in [0.29, 0.717) is 0 Å². The van der Waals surface area contributed by atoms with Crippen LogP contribution in [-0.4, -0.2) is 47.9 Å². The quantitative estimate of drug-likeness (QED) is 0.896. The van der Waals surface area contributed by atoms with E-state index in [0.717, 1.165) is 38.4 Å². The Labute approximate surface area is 156 Å². The molecule has 0 aromatic heterocycles. The molecule has 0 bridgehead atoms. The summed E-state index contributed by atoms with van der Waals surface area (Å²) in [6.07, 6.45) is 0. The van der Waals surface area contributed by atoms with Gasteiger partial charge in [-0.15, -0.1) is 0 Å². The third kappa shape index (κ3) is 4.64. The molecule has 138 valence electrons. The molecule has 4 nitrogen and oxygen atoms in total. The van der Waals surface area contributed by atoms with E-state index in [-0.39, 0.29) is 11.9 Å². The Hall–Kier alpha value is -2.33. The number of hydrogen-bond donors (Lipinski definition) is 1. The van der Waals surface area contributed by atoms with Crippen molar-refractivity contribution in [1.82, 2.24) is 9.80 Å². The van der Waals surface area contributed by atoms with E-state index >= 15 is 0 Å². The number of benzene rings is 2. The van der Waals surface area contributed by atoms with Gasteiger partial charge in [0.1, 0.15) is 6.04 Å². The first-order valence-corrected chi connectivity index (χ1v) is 9.42. The van der Waals surface area contributed by atoms with Gasteiger partial charge >= 0.3 is 0 Å². The normalized spacial score (nSPS) is 16.3. The maximum absolute atomic E-state index is 12.8. The Morgan fingerprint density at radius 2 is 1.69 bits per heavy atom. The zero-order valence-electron chi connectivity index (χ0n) is 16.0. The van der Waals surface area contributed by atoms with E-state index in [1.54, 1.807) is 0 Å². The minimum Gasteiger partial charge on any atom is -0.374 e. The highest BCUT2D eigenvalue weighted by atomic mass is 16.2. The Morgan fingerprint density at radius 1 is 1.00 bits per heavy atom. The van der Waals surface area contributed by atoms with Gasteiger partial charge in [0.2, 0.25) is 5.91 Å². The lowest BCUT2D eigenvalue weighted by Crippen LogP contribution is -2.51. The van der Waals surface area contributed by atoms with Crippen molar-refractivity contribution in [3.8, 4) is 0 Å². The lowest BCUT2D eigenvalue weighted by Gasteiger charge is -2.36. The average molecular weight is 351 g/mol. The van der Waals surface area contributed by atoms with Gasteiger partial charge < -0.3 is 10.2 Å². The van der Waals surface area contributed by atoms with Gasteiger partial charge in [-0.25, -0.2) is 0 Å². The third-order valence-corrected chi connectivity index (χ3v) is 5.19. The molecule has 3 rings (SSSR count). The van der Waals surface area contributed by atoms with Crippen LogP contribution in [0.25, 0.3) is 0 Å². The standard InChI is InChI=1S/C22H29N3O/c1-17-9-10-21(15-18(17)2)23-19(3)22(26)25-13-11-24(12-14-25)16-20-7-5-4-6-8-20/h4-10,15,19,23H,11-14,16H2,1-3H3/t19-/m1/s1. The second kappa shape index (κ2) is 8.37. The van der Waals surface area contributed by atoms with Crippen molar-refractivity contribution in [2.75, 3.05) is 31.5 Å². The van der Waals surface area contributed by atoms with Gasteiger partial charge in [-0.2, -0.15) is 0 Å². The zero-order chi connectivity index (χ0) is 18.5. The number of nitrogens with zero attached hydrogens (tertiary/aromatic N) is 2. The fraction of sp³-hybridized carbons (Fsp3) is 0.409. The molecule has 2 aromatic rings. The molecule has 1 aliphatic rings. The molecule has 1 heterocycles. The number of hydrogen-bond acceptors (Lipinski definition) is 3. The number of nitrogens with one attached hydrogen (secondary N) is 1. The Morgan fingerprint density at radius 3 is 2.35 bits per heavy atom. The molecule has 1 atom stereocenters. The fourth-order valence-corrected chi connectivity index (χ4v) is 3.38. The van der Waals surface area contributed by atoms with Crippen molar-refractivity contribution in [3.05, 3.63) is 65.2 Å². The Kier molecular flexibility index (Phi) is 5.94. The Bertz CT molecular complexity index is 736. The molecule has 0 radical (unpaired) electrons. The van der Waals surface area contributed by atoms with Gasteiger partial charge in [0.05, 0.1) is 0 Å². The zero-order valence-corrected chi connectivity index (χ0v) is 16.0. The van der Waals surface area contributed by atoms with Crippen LogP contribution in [-0.2, 0) is 11.3 Å². The van der Waals surface area contributed by atoms with Crippen molar-refractivity contribution in [2.45, 2.75) is 33.4 Å². The molecule has 0 unspecified atom stereocenters. The molecule has 26 heavy (non-hydrogen) atoms. The van der Waals surface area contributed by atoms with Gasteiger partial charge in [0.25, 0.3) is 0 Å². The van der Waals surface area contributed by atoms with Crippen LogP contribution >= 0.6 is 0 Å². The highest BCUT2D eigenvalue weighted by Crippen LogP contribution is 2.16. The predicted octanol–water partition coefficient (Wildman–Crippen LogP) is 3.45. The summed E-state index contributed by atoms with van der Waals surface area (Å²) in [5.74, 6) is 0.183. The fourth-order valence-electron chi connectivity index (χ4n) is 3.38. The van der Waals surface area contributed by atoms with Gasteiger partial charge in [0, 0.05) is 38.4 Å². The molecule has 0 aliphatic carbocycles. The number of amides is 1. The first-order valence-electron chi connectivity index (χ1n) is 9.42. The third-order valence-electron chi connectivity index (χ3n) is 5.19. The van der Waals surface area contributed by atoms with E-state index in [1.165, 1.54) is 16.7 Å². The van der Waals surface area contributed by atoms with Gasteiger partial charge in [0.15, 0.2) is 0 Å². The largest absolute Gasteiger partial charge is 0.374 e. The molecular weight excluding hydrogens is 322 g/mol. The molecule has 0 spiro atoms. The van der Waals surface area contributed by atoms with Gasteiger partial charge in [-0.3, -0.25) is 9.69 Å². The maximum atomic E-state index is 12.8. The molecule has 0 saturated carbocycles. The summed E-state index contributed by atoms with van der Waals surface area (Å²) in [5, 5.41) is 3.35. The number of aryl methyl sites for hydroxylation is 2. The monoisotopic (exact) mass is 351 g/mol. The SMILES string of the molecule is Cc1ccc(N[C@H](C)C(=O)N2CCN(Cc3ccccc3)CC2)cc1C. The smallest absolute Gasteiger partial charge is 0.244 e. The van der Waals surface area contributed by atoms with E-state index in [9.17, 15) is 4.79 Å². The number of carbonyl (C=O) groups excluding carboxylic acids is 1. The maximum Gasteiger partial charge on any atom is 0.244 e. The summed E-state index contributed by atoms with van der Waals surface area (Å²) in [7, 11) is 0. The van der Waals surface area contributed by atoms with Crippen molar-refractivity contribution < 1.29 is 4.79 Å². The van der Waals surface area contributed by atoms with Crippen LogP contribution in [0, 0.1) is 13.8 Å². The average Bonchev–Trinajstić information content (AvgIpc) is 2.65. The van der Waals surface area contributed by atoms with Crippen molar-refractivity contribution in [2.24, 2.45) is 0 Å². The molecule has 1 aliphatic heterocycles. The van der Waals surface area contributed by atoms with Gasteiger partial charge in [-0.1, -0.05) is 36.4 Å². The van der Waals surface area contributed by atoms with Crippen molar-refractivity contribution >= 4 is 11.6 Å². The second-order valence-electron chi connectivity index (χ2n) is 7.25. The summed E-state index contributed by atoms with van der Waals surface area (Å²) in [6.45, 7) is 10.6. The summed E-state index contributed by atoms with van der Waals surface area (Å²) >= 11 is 0. The first kappa shape index (κ1) is 18.5. The molecule has 4 heteroatoms. The summed E-state index contributed by atoms with van der Waals surface area (Å²) in [6, 6.07) is 16.6. The van der Waals surface area contributed by atoms with Crippen LogP contribution in [0.1, 0.15) is 23.6 Å². The highest BCUT2D eigenvalue weighted by Gasteiger charge is 2.24. The van der Waals surface area contributed by atoms with E-state index < -0.39 is 0 Å². The molecule has 1 N–H and O–H groups in total. The van der Waals surface area contributed by atoms with Crippen molar-refractivity contribution in [1.29, 1.82) is 0 Å². The Balaban J connectivity index is 1.50. The lowest BCUT2D eigenvalue weighted by molar-refractivity contribution is -0.133. The van der Waals surface area contributed by atoms with Crippen LogP contribution in [0.3, 0.4) is 0 Å². The molecule has 2 aromatic carbocycles. The number of piperazine rings is 1. The predicted molar refractivity (Wildman–Crippen MR) is 107 cm³/mol. The van der Waals surface area contributed by atoms with Crippen molar-refractivity contribution in [3.63, 3.8) is 0 Å². The van der Waals surface area contributed by atoms with Crippen LogP contribution in [0.15, 0.2) is 48.5 Å². The first-order chi connectivity index (χ1) is 12.5. The number of carbonyl (C=O) groups is 1. The highest BCUT2D eigenvalue weighted by molar-refractivity contribution is 5.84. The lowest BCUT2D eigenvalue weighted by atomic mass is 10.1. The van der Waals surface area contributed by atoms with Gasteiger partial charge in [-0.05, 0) is 49.6 Å². The summed E-state index contributed by atoms with van der Waals surface area (Å²) < 4.78 is 0. The molecule has 1 amide bonds.